The van der Waals surface area contributed by atoms with E-state index < -0.39 is 0 Å². The topological polar surface area (TPSA) is 17.4 Å². The number of hydrogen-bond donors (Lipinski definition) is 0. The fraction of sp³-hybridized carbons (Fsp3) is 0.167. The maximum atomic E-state index is 6.84. The molecule has 10 rings (SSSR count). The second kappa shape index (κ2) is 15.9. The zero-order chi connectivity index (χ0) is 44.3. The van der Waals surface area contributed by atoms with Crippen LogP contribution in [-0.2, 0) is 10.8 Å². The van der Waals surface area contributed by atoms with Gasteiger partial charge in [-0.1, -0.05) is 212 Å². The Hall–Kier alpha value is -7.04. The van der Waals surface area contributed by atoms with Gasteiger partial charge in [-0.15, -0.1) is 0 Å². The third-order valence-corrected chi connectivity index (χ3v) is 13.1. The summed E-state index contributed by atoms with van der Waals surface area (Å²) in [4.78, 5) is 2.56. The van der Waals surface area contributed by atoms with E-state index in [2.05, 4.69) is 240 Å². The van der Waals surface area contributed by atoms with E-state index in [9.17, 15) is 0 Å². The van der Waals surface area contributed by atoms with E-state index in [1.165, 1.54) is 38.5 Å². The predicted molar refractivity (Wildman–Crippen MR) is 276 cm³/mol. The van der Waals surface area contributed by atoms with Gasteiger partial charge in [0.15, 0.2) is 0 Å². The Morgan fingerprint density at radius 1 is 0.531 bits per heavy atom. The van der Waals surface area contributed by atoms with Crippen LogP contribution in [0.4, 0.5) is 17.1 Å². The molecule has 1 aromatic heterocycles. The maximum Gasteiger partial charge on any atom is 0.216 e. The van der Waals surface area contributed by atoms with Gasteiger partial charge in [-0.2, -0.15) is 0 Å². The summed E-state index contributed by atoms with van der Waals surface area (Å²) in [6, 6.07) is 65.0. The summed E-state index contributed by atoms with van der Waals surface area (Å²) in [5, 5.41) is 2.44. The Morgan fingerprint density at radius 3 is 1.62 bits per heavy atom. The first-order valence-corrected chi connectivity index (χ1v) is 22.7. The number of ether oxygens (including phenoxy) is 1. The highest BCUT2D eigenvalue weighted by molar-refractivity contribution is 6.88. The molecule has 0 unspecified atom stereocenters. The molecule has 0 bridgehead atoms. The van der Waals surface area contributed by atoms with Gasteiger partial charge >= 0.3 is 0 Å². The first kappa shape index (κ1) is 41.0. The van der Waals surface area contributed by atoms with Gasteiger partial charge in [-0.25, -0.2) is 0 Å². The minimum atomic E-state index is -0.0199. The summed E-state index contributed by atoms with van der Waals surface area (Å²) in [7, 11) is 0. The highest BCUT2D eigenvalue weighted by Crippen LogP contribution is 2.49. The molecule has 1 aliphatic rings. The lowest BCUT2D eigenvalue weighted by molar-refractivity contribution is 0.366. The number of rotatable bonds is 8. The highest BCUT2D eigenvalue weighted by atomic mass is 16.5. The maximum absolute atomic E-state index is 6.84. The molecule has 2 heterocycles. The van der Waals surface area contributed by atoms with Gasteiger partial charge in [-0.05, 0) is 73.9 Å². The largest absolute Gasteiger partial charge is 0.490 e. The van der Waals surface area contributed by atoms with E-state index in [0.29, 0.717) is 6.61 Å². The van der Waals surface area contributed by atoms with Gasteiger partial charge in [-0.3, -0.25) is 0 Å². The molecular weight excluding hydrogens is 775 g/mol. The van der Waals surface area contributed by atoms with Crippen LogP contribution in [0.2, 0.25) is 6.82 Å². The average Bonchev–Trinajstić information content (AvgIpc) is 3.65. The van der Waals surface area contributed by atoms with Crippen molar-refractivity contribution in [3.63, 3.8) is 0 Å². The van der Waals surface area contributed by atoms with Gasteiger partial charge < -0.3 is 14.2 Å². The molecule has 0 saturated heterocycles. The van der Waals surface area contributed by atoms with Crippen molar-refractivity contribution in [1.82, 2.24) is 4.57 Å². The summed E-state index contributed by atoms with van der Waals surface area (Å²) in [6.45, 7) is 20.7. The van der Waals surface area contributed by atoms with Crippen molar-refractivity contribution in [3.05, 3.63) is 200 Å². The molecule has 4 heteroatoms. The van der Waals surface area contributed by atoms with Crippen molar-refractivity contribution in [3.8, 4) is 44.8 Å². The number of hydrogen-bond acceptors (Lipinski definition) is 2. The lowest BCUT2D eigenvalue weighted by atomic mass is 9.40. The summed E-state index contributed by atoms with van der Waals surface area (Å²) >= 11 is 0. The van der Waals surface area contributed by atoms with Gasteiger partial charge in [0.05, 0.1) is 22.4 Å². The predicted octanol–water partition coefficient (Wildman–Crippen LogP) is 15.0. The van der Waals surface area contributed by atoms with Crippen LogP contribution < -0.4 is 20.6 Å². The van der Waals surface area contributed by atoms with E-state index in [4.69, 9.17) is 4.74 Å². The van der Waals surface area contributed by atoms with Gasteiger partial charge in [0, 0.05) is 39.3 Å². The summed E-state index contributed by atoms with van der Waals surface area (Å²) in [5.74, 6) is 0.854. The number of benzene rings is 8. The van der Waals surface area contributed by atoms with Crippen LogP contribution in [0, 0.1) is 0 Å². The lowest BCUT2D eigenvalue weighted by Gasteiger charge is -2.39. The van der Waals surface area contributed by atoms with E-state index in [1.807, 2.05) is 6.08 Å². The van der Waals surface area contributed by atoms with Crippen molar-refractivity contribution >= 4 is 56.5 Å². The van der Waals surface area contributed by atoms with Crippen molar-refractivity contribution in [2.24, 2.45) is 0 Å². The Labute approximate surface area is 379 Å². The number of para-hydroxylation sites is 3. The van der Waals surface area contributed by atoms with Gasteiger partial charge in [0.1, 0.15) is 12.4 Å². The fourth-order valence-electron chi connectivity index (χ4n) is 9.77. The van der Waals surface area contributed by atoms with Crippen molar-refractivity contribution < 1.29 is 4.74 Å². The molecule has 314 valence electrons. The van der Waals surface area contributed by atoms with Crippen LogP contribution in [0.5, 0.6) is 5.75 Å². The molecule has 3 nitrogen and oxygen atoms in total. The molecule has 0 N–H and O–H groups in total. The second-order valence-corrected chi connectivity index (χ2v) is 19.4. The minimum absolute atomic E-state index is 0.0115. The smallest absolute Gasteiger partial charge is 0.216 e. The number of fused-ring (bicyclic) bond motifs is 5. The van der Waals surface area contributed by atoms with E-state index in [1.54, 1.807) is 0 Å². The van der Waals surface area contributed by atoms with Crippen molar-refractivity contribution in [1.29, 1.82) is 0 Å². The first-order chi connectivity index (χ1) is 30.9. The van der Waals surface area contributed by atoms with Crippen molar-refractivity contribution in [2.75, 3.05) is 11.5 Å². The summed E-state index contributed by atoms with van der Waals surface area (Å²) < 4.78 is 9.25. The SMILES string of the molecule is C=CCOc1cc(-n2c3ccccc3c3ccccc32)cc2c1B(C)c1ccc(-c3cc(C(C)(C)C)cc(C(C)(C)C)c3)cc1N2c1c(-c2ccccc2)cccc1-c1ccccc1. The molecule has 0 amide bonds. The van der Waals surface area contributed by atoms with Crippen LogP contribution in [0.1, 0.15) is 52.7 Å². The van der Waals surface area contributed by atoms with Gasteiger partial charge in [0.25, 0.3) is 0 Å². The molecule has 1 aliphatic heterocycles. The van der Waals surface area contributed by atoms with E-state index in [0.717, 1.165) is 67.2 Å². The fourth-order valence-corrected chi connectivity index (χ4v) is 9.77. The second-order valence-electron chi connectivity index (χ2n) is 19.4. The zero-order valence-electron chi connectivity index (χ0n) is 38.1. The van der Waals surface area contributed by atoms with Crippen LogP contribution in [0.15, 0.2) is 189 Å². The Balaban J connectivity index is 1.34. The molecule has 0 atom stereocenters. The van der Waals surface area contributed by atoms with Crippen LogP contribution in [0.3, 0.4) is 0 Å². The number of anilines is 3. The molecule has 64 heavy (non-hydrogen) atoms. The minimum Gasteiger partial charge on any atom is -0.490 e. The number of aromatic nitrogens is 1. The Morgan fingerprint density at radius 2 is 1.08 bits per heavy atom. The van der Waals surface area contributed by atoms with E-state index in [-0.39, 0.29) is 17.5 Å². The van der Waals surface area contributed by atoms with Crippen LogP contribution in [-0.4, -0.2) is 17.9 Å². The molecule has 0 fully saturated rings. The molecule has 0 radical (unpaired) electrons. The molecule has 9 aromatic rings. The average molecular weight is 831 g/mol. The molecular formula is C60H55BN2O. The number of nitrogens with zero attached hydrogens (tertiary/aromatic N) is 2. The summed E-state index contributed by atoms with van der Waals surface area (Å²) in [6.07, 6.45) is 1.85. The molecule has 0 spiro atoms. The monoisotopic (exact) mass is 830 g/mol. The lowest BCUT2D eigenvalue weighted by Crippen LogP contribution is -2.49. The molecule has 0 saturated carbocycles. The van der Waals surface area contributed by atoms with Crippen LogP contribution >= 0.6 is 0 Å². The van der Waals surface area contributed by atoms with Crippen molar-refractivity contribution in [2.45, 2.75) is 59.2 Å². The first-order valence-electron chi connectivity index (χ1n) is 22.7. The summed E-state index contributed by atoms with van der Waals surface area (Å²) in [5.41, 5.74) is 18.8. The van der Waals surface area contributed by atoms with E-state index >= 15 is 0 Å². The van der Waals surface area contributed by atoms with Gasteiger partial charge in [0.2, 0.25) is 6.71 Å². The third kappa shape index (κ3) is 7.12. The normalized spacial score (nSPS) is 12.7. The third-order valence-electron chi connectivity index (χ3n) is 13.1. The Kier molecular flexibility index (Phi) is 10.2. The van der Waals surface area contributed by atoms with Crippen LogP contribution in [0.25, 0.3) is 60.9 Å². The molecule has 8 aromatic carbocycles. The zero-order valence-corrected chi connectivity index (χ0v) is 38.1. The quantitative estimate of drug-likeness (QED) is 0.112. The standard InChI is InChI=1S/C60H55BN2O/c1-9-33-64-56-39-46(62-52-29-18-16-25-49(52)50-26-17-19-30-53(50)62)38-55-57(56)61(8)51-32-31-42(43-34-44(59(2,3)4)37-45(35-43)60(5,6)7)36-54(51)63(55)58-47(40-21-12-10-13-22-40)27-20-28-48(58)41-23-14-11-15-24-41/h9-32,34-39H,1,33H2,2-8H3. The highest BCUT2D eigenvalue weighted by Gasteiger charge is 2.37. The Bertz CT molecular complexity index is 3080. The molecule has 0 aliphatic carbocycles.